The molecule has 2 nitrogen and oxygen atoms in total. The number of ether oxygens (including phenoxy) is 1. The van der Waals surface area contributed by atoms with E-state index in [-0.39, 0.29) is 5.41 Å². The lowest BCUT2D eigenvalue weighted by Gasteiger charge is -2.44. The van der Waals surface area contributed by atoms with E-state index < -0.39 is 0 Å². The van der Waals surface area contributed by atoms with Gasteiger partial charge in [-0.2, -0.15) is 0 Å². The molecule has 0 radical (unpaired) electrons. The van der Waals surface area contributed by atoms with Crippen molar-refractivity contribution in [2.24, 2.45) is 5.92 Å². The van der Waals surface area contributed by atoms with Crippen molar-refractivity contribution in [3.63, 3.8) is 0 Å². The van der Waals surface area contributed by atoms with Crippen molar-refractivity contribution in [3.8, 4) is 0 Å². The normalized spacial score (nSPS) is 27.1. The predicted octanol–water partition coefficient (Wildman–Crippen LogP) is 3.30. The topological polar surface area (TPSA) is 21.3 Å². The van der Waals surface area contributed by atoms with Crippen LogP contribution in [0.4, 0.5) is 0 Å². The Kier molecular flexibility index (Phi) is 4.13. The van der Waals surface area contributed by atoms with Gasteiger partial charge in [0.2, 0.25) is 0 Å². The Morgan fingerprint density at radius 2 is 2.15 bits per heavy atom. The third-order valence-electron chi connectivity index (χ3n) is 5.27. The molecule has 1 aromatic rings. The van der Waals surface area contributed by atoms with Gasteiger partial charge in [0.25, 0.3) is 0 Å². The fraction of sp³-hybridized carbons (Fsp3) is 0.667. The summed E-state index contributed by atoms with van der Waals surface area (Å²) < 4.78 is 5.49. The molecule has 0 amide bonds. The van der Waals surface area contributed by atoms with Crippen molar-refractivity contribution in [2.45, 2.75) is 50.5 Å². The van der Waals surface area contributed by atoms with Crippen molar-refractivity contribution in [1.82, 2.24) is 5.32 Å². The third-order valence-corrected chi connectivity index (χ3v) is 5.27. The minimum Gasteiger partial charge on any atom is -0.384 e. The Hall–Kier alpha value is -0.860. The Bertz CT molecular complexity index is 454. The Morgan fingerprint density at radius 3 is 2.90 bits per heavy atom. The zero-order valence-electron chi connectivity index (χ0n) is 12.8. The van der Waals surface area contributed by atoms with Crippen molar-refractivity contribution in [1.29, 1.82) is 0 Å². The van der Waals surface area contributed by atoms with Gasteiger partial charge >= 0.3 is 0 Å². The van der Waals surface area contributed by atoms with Gasteiger partial charge in [-0.3, -0.25) is 0 Å². The van der Waals surface area contributed by atoms with Gasteiger partial charge < -0.3 is 10.1 Å². The van der Waals surface area contributed by atoms with Crippen LogP contribution < -0.4 is 5.32 Å². The molecule has 1 aromatic carbocycles. The van der Waals surface area contributed by atoms with Gasteiger partial charge in [-0.1, -0.05) is 31.2 Å². The van der Waals surface area contributed by atoms with E-state index in [2.05, 4.69) is 36.5 Å². The molecular weight excluding hydrogens is 246 g/mol. The second kappa shape index (κ2) is 5.87. The van der Waals surface area contributed by atoms with Gasteiger partial charge in [-0.15, -0.1) is 0 Å². The molecule has 2 aliphatic carbocycles. The molecule has 110 valence electrons. The highest BCUT2D eigenvalue weighted by Crippen LogP contribution is 2.43. The number of hydrogen-bond donors (Lipinski definition) is 1. The van der Waals surface area contributed by atoms with E-state index in [4.69, 9.17) is 4.74 Å². The van der Waals surface area contributed by atoms with Gasteiger partial charge in [0, 0.05) is 31.7 Å². The fourth-order valence-corrected chi connectivity index (χ4v) is 3.85. The molecule has 0 aliphatic heterocycles. The van der Waals surface area contributed by atoms with Crippen LogP contribution in [0.5, 0.6) is 0 Å². The minimum absolute atomic E-state index is 0.257. The molecule has 2 unspecified atom stereocenters. The third kappa shape index (κ3) is 2.64. The number of aryl methyl sites for hydroxylation is 1. The standard InChI is InChI=1S/C18H27NO/c1-14(12-20-2)18(13-19-16-9-10-16)11-5-7-15-6-3-4-8-17(15)18/h3-4,6,8,14,16,19H,5,7,9-13H2,1-2H3. The monoisotopic (exact) mass is 273 g/mol. The Balaban J connectivity index is 1.91. The number of nitrogens with one attached hydrogen (secondary N) is 1. The lowest BCUT2D eigenvalue weighted by molar-refractivity contribution is 0.102. The lowest BCUT2D eigenvalue weighted by atomic mass is 9.63. The van der Waals surface area contributed by atoms with Crippen molar-refractivity contribution in [3.05, 3.63) is 35.4 Å². The van der Waals surface area contributed by atoms with E-state index in [0.29, 0.717) is 5.92 Å². The number of rotatable bonds is 6. The average Bonchev–Trinajstić information content (AvgIpc) is 3.29. The predicted molar refractivity (Wildman–Crippen MR) is 83.1 cm³/mol. The molecule has 0 bridgehead atoms. The maximum absolute atomic E-state index is 5.49. The molecule has 2 heteroatoms. The molecule has 0 saturated heterocycles. The molecule has 3 rings (SSSR count). The van der Waals surface area contributed by atoms with Crippen LogP contribution in [0, 0.1) is 5.92 Å². The van der Waals surface area contributed by atoms with Crippen LogP contribution in [0.25, 0.3) is 0 Å². The first kappa shape index (κ1) is 14.1. The highest BCUT2D eigenvalue weighted by molar-refractivity contribution is 5.38. The van der Waals surface area contributed by atoms with Gasteiger partial charge in [0.05, 0.1) is 0 Å². The van der Waals surface area contributed by atoms with Gasteiger partial charge in [0.1, 0.15) is 0 Å². The molecule has 0 aromatic heterocycles. The summed E-state index contributed by atoms with van der Waals surface area (Å²) in [5, 5.41) is 3.79. The molecule has 20 heavy (non-hydrogen) atoms. The van der Waals surface area contributed by atoms with Crippen molar-refractivity contribution in [2.75, 3.05) is 20.3 Å². The summed E-state index contributed by atoms with van der Waals surface area (Å²) in [6, 6.07) is 9.84. The maximum Gasteiger partial charge on any atom is 0.0496 e. The number of fused-ring (bicyclic) bond motifs is 1. The minimum atomic E-state index is 0.257. The fourth-order valence-electron chi connectivity index (χ4n) is 3.85. The average molecular weight is 273 g/mol. The van der Waals surface area contributed by atoms with Gasteiger partial charge in [-0.25, -0.2) is 0 Å². The summed E-state index contributed by atoms with van der Waals surface area (Å²) in [6.45, 7) is 4.32. The summed E-state index contributed by atoms with van der Waals surface area (Å²) in [4.78, 5) is 0. The molecule has 0 heterocycles. The van der Waals surface area contributed by atoms with E-state index in [1.54, 1.807) is 11.1 Å². The zero-order valence-corrected chi connectivity index (χ0v) is 12.8. The molecule has 1 saturated carbocycles. The summed E-state index contributed by atoms with van der Waals surface area (Å²) in [6.07, 6.45) is 6.54. The van der Waals surface area contributed by atoms with Crippen LogP contribution >= 0.6 is 0 Å². The SMILES string of the molecule is COCC(C)C1(CNC2CC2)CCCc2ccccc21. The van der Waals surface area contributed by atoms with E-state index in [1.807, 2.05) is 7.11 Å². The highest BCUT2D eigenvalue weighted by Gasteiger charge is 2.41. The first-order valence-corrected chi connectivity index (χ1v) is 8.07. The van der Waals surface area contributed by atoms with Crippen LogP contribution in [0.15, 0.2) is 24.3 Å². The number of hydrogen-bond acceptors (Lipinski definition) is 2. The van der Waals surface area contributed by atoms with Crippen LogP contribution in [0.2, 0.25) is 0 Å². The maximum atomic E-state index is 5.49. The molecule has 2 atom stereocenters. The van der Waals surface area contributed by atoms with Crippen molar-refractivity contribution < 1.29 is 4.74 Å². The van der Waals surface area contributed by atoms with Crippen molar-refractivity contribution >= 4 is 0 Å². The summed E-state index contributed by atoms with van der Waals surface area (Å²) in [5.74, 6) is 0.556. The van der Waals surface area contributed by atoms with Crippen LogP contribution in [-0.4, -0.2) is 26.3 Å². The summed E-state index contributed by atoms with van der Waals surface area (Å²) in [7, 11) is 1.83. The van der Waals surface area contributed by atoms with E-state index in [1.165, 1.54) is 32.1 Å². The summed E-state index contributed by atoms with van der Waals surface area (Å²) in [5.41, 5.74) is 3.39. The molecular formula is C18H27NO. The Morgan fingerprint density at radius 1 is 1.35 bits per heavy atom. The number of benzene rings is 1. The lowest BCUT2D eigenvalue weighted by Crippen LogP contribution is -2.47. The van der Waals surface area contributed by atoms with Gasteiger partial charge in [0.15, 0.2) is 0 Å². The largest absolute Gasteiger partial charge is 0.384 e. The van der Waals surface area contributed by atoms with Gasteiger partial charge in [-0.05, 0) is 49.1 Å². The smallest absolute Gasteiger partial charge is 0.0496 e. The molecule has 0 spiro atoms. The van der Waals surface area contributed by atoms with E-state index in [0.717, 1.165) is 19.2 Å². The molecule has 2 aliphatic rings. The highest BCUT2D eigenvalue weighted by atomic mass is 16.5. The number of methoxy groups -OCH3 is 1. The second-order valence-corrected chi connectivity index (χ2v) is 6.68. The van der Waals surface area contributed by atoms with Crippen LogP contribution in [0.3, 0.4) is 0 Å². The van der Waals surface area contributed by atoms with Crippen LogP contribution in [0.1, 0.15) is 43.7 Å². The summed E-state index contributed by atoms with van der Waals surface area (Å²) >= 11 is 0. The zero-order chi connectivity index (χ0) is 14.0. The second-order valence-electron chi connectivity index (χ2n) is 6.68. The quantitative estimate of drug-likeness (QED) is 0.858. The molecule has 1 N–H and O–H groups in total. The van der Waals surface area contributed by atoms with E-state index >= 15 is 0 Å². The van der Waals surface area contributed by atoms with E-state index in [9.17, 15) is 0 Å². The Labute approximate surface area is 122 Å². The first-order valence-electron chi connectivity index (χ1n) is 8.07. The first-order chi connectivity index (χ1) is 9.76. The molecule has 1 fully saturated rings. The van der Waals surface area contributed by atoms with Crippen LogP contribution in [-0.2, 0) is 16.6 Å².